The second-order valence-electron chi connectivity index (χ2n) is 9.34. The molecule has 6 heteroatoms. The van der Waals surface area contributed by atoms with Crippen molar-refractivity contribution in [3.05, 3.63) is 71.3 Å². The fraction of sp³-hybridized carbons (Fsp3) is 0.429. The van der Waals surface area contributed by atoms with Crippen LogP contribution >= 0.6 is 0 Å². The van der Waals surface area contributed by atoms with E-state index in [9.17, 15) is 14.7 Å². The lowest BCUT2D eigenvalue weighted by atomic mass is 9.73. The minimum Gasteiger partial charge on any atom is -0.394 e. The molecule has 3 fully saturated rings. The largest absolute Gasteiger partial charge is 0.394 e. The molecule has 3 aliphatic heterocycles. The van der Waals surface area contributed by atoms with Crippen molar-refractivity contribution in [3.63, 3.8) is 0 Å². The van der Waals surface area contributed by atoms with Gasteiger partial charge in [0.15, 0.2) is 0 Å². The van der Waals surface area contributed by atoms with E-state index in [4.69, 9.17) is 4.74 Å². The van der Waals surface area contributed by atoms with Crippen molar-refractivity contribution in [2.24, 2.45) is 5.92 Å². The number of fused-ring (bicyclic) bond motifs is 1. The molecule has 5 rings (SSSR count). The van der Waals surface area contributed by atoms with Gasteiger partial charge in [0.25, 0.3) is 0 Å². The molecule has 0 unspecified atom stereocenters. The molecule has 3 saturated heterocycles. The third-order valence-corrected chi connectivity index (χ3v) is 7.30. The molecule has 2 amide bonds. The number of nitrogens with zero attached hydrogens (tertiary/aromatic N) is 2. The molecule has 0 aliphatic carbocycles. The van der Waals surface area contributed by atoms with Crippen molar-refractivity contribution in [3.8, 4) is 11.8 Å². The summed E-state index contributed by atoms with van der Waals surface area (Å²) in [5, 5.41) is 10.0. The average Bonchev–Trinajstić information content (AvgIpc) is 2.87. The van der Waals surface area contributed by atoms with Crippen LogP contribution in [-0.2, 0) is 20.7 Å². The Morgan fingerprint density at radius 1 is 1.06 bits per heavy atom. The van der Waals surface area contributed by atoms with Gasteiger partial charge in [-0.05, 0) is 36.1 Å². The van der Waals surface area contributed by atoms with E-state index in [0.717, 1.165) is 11.1 Å². The van der Waals surface area contributed by atoms with Gasteiger partial charge in [-0.25, -0.2) is 0 Å². The van der Waals surface area contributed by atoms with Gasteiger partial charge in [0.05, 0.1) is 25.2 Å². The van der Waals surface area contributed by atoms with Crippen LogP contribution in [0.25, 0.3) is 0 Å². The van der Waals surface area contributed by atoms with Crippen LogP contribution in [0, 0.1) is 17.8 Å². The summed E-state index contributed by atoms with van der Waals surface area (Å²) in [7, 11) is 0. The molecule has 0 radical (unpaired) electrons. The van der Waals surface area contributed by atoms with Crippen LogP contribution in [0.15, 0.2) is 54.6 Å². The van der Waals surface area contributed by atoms with Gasteiger partial charge >= 0.3 is 0 Å². The maximum Gasteiger partial charge on any atom is 0.242 e. The van der Waals surface area contributed by atoms with Gasteiger partial charge in [-0.1, -0.05) is 54.3 Å². The summed E-state index contributed by atoms with van der Waals surface area (Å²) in [5.41, 5.74) is 3.20. The van der Waals surface area contributed by atoms with Crippen LogP contribution in [0.2, 0.25) is 0 Å². The third-order valence-electron chi connectivity index (χ3n) is 7.30. The van der Waals surface area contributed by atoms with Crippen LogP contribution in [0.1, 0.15) is 35.4 Å². The first-order valence-electron chi connectivity index (χ1n) is 12.1. The molecule has 0 aromatic heterocycles. The van der Waals surface area contributed by atoms with Crippen LogP contribution < -0.4 is 0 Å². The average molecular weight is 459 g/mol. The quantitative estimate of drug-likeness (QED) is 0.714. The lowest BCUT2D eigenvalue weighted by Gasteiger charge is -2.59. The lowest BCUT2D eigenvalue weighted by Crippen LogP contribution is -2.73. The van der Waals surface area contributed by atoms with E-state index in [1.165, 1.54) is 5.56 Å². The van der Waals surface area contributed by atoms with Crippen LogP contribution in [0.3, 0.4) is 0 Å². The number of benzene rings is 2. The van der Waals surface area contributed by atoms with E-state index in [0.29, 0.717) is 39.0 Å². The number of rotatable bonds is 4. The molecule has 6 nitrogen and oxygen atoms in total. The van der Waals surface area contributed by atoms with Gasteiger partial charge in [-0.3, -0.25) is 9.59 Å². The molecule has 1 N–H and O–H groups in total. The number of hydrogen-bond donors (Lipinski definition) is 1. The van der Waals surface area contributed by atoms with E-state index in [2.05, 4.69) is 24.0 Å². The van der Waals surface area contributed by atoms with Crippen molar-refractivity contribution in [2.45, 2.75) is 37.3 Å². The third kappa shape index (κ3) is 4.46. The Hall–Kier alpha value is -3.14. The number of hydrogen-bond acceptors (Lipinski definition) is 4. The second kappa shape index (κ2) is 10.0. The highest BCUT2D eigenvalue weighted by Crippen LogP contribution is 2.43. The zero-order valence-electron chi connectivity index (χ0n) is 19.2. The number of aliphatic hydroxyl groups excluding tert-OH is 1. The number of aliphatic hydroxyl groups is 1. The molecule has 2 aromatic rings. The molecular weight excluding hydrogens is 428 g/mol. The summed E-state index contributed by atoms with van der Waals surface area (Å²) in [6.45, 7) is 1.74. The van der Waals surface area contributed by atoms with Crippen molar-refractivity contribution in [1.82, 2.24) is 9.80 Å². The number of carbonyl (C=O) groups is 2. The van der Waals surface area contributed by atoms with Crippen LogP contribution in [0.4, 0.5) is 0 Å². The highest BCUT2D eigenvalue weighted by atomic mass is 16.5. The fourth-order valence-corrected chi connectivity index (χ4v) is 5.50. The van der Waals surface area contributed by atoms with Gasteiger partial charge in [0, 0.05) is 43.6 Å². The smallest absolute Gasteiger partial charge is 0.242 e. The highest BCUT2D eigenvalue weighted by Gasteiger charge is 2.54. The summed E-state index contributed by atoms with van der Waals surface area (Å²) in [5.74, 6) is 6.37. The summed E-state index contributed by atoms with van der Waals surface area (Å²) in [4.78, 5) is 29.4. The molecule has 3 heterocycles. The van der Waals surface area contributed by atoms with E-state index >= 15 is 0 Å². The molecule has 0 bridgehead atoms. The molecule has 3 aliphatic rings. The van der Waals surface area contributed by atoms with Gasteiger partial charge in [-0.15, -0.1) is 0 Å². The fourth-order valence-electron chi connectivity index (χ4n) is 5.50. The molecule has 3 atom stereocenters. The minimum absolute atomic E-state index is 0.00515. The van der Waals surface area contributed by atoms with Crippen molar-refractivity contribution >= 4 is 11.8 Å². The number of piperazine rings is 1. The Kier molecular flexibility index (Phi) is 6.66. The number of carbonyl (C=O) groups excluding carboxylic acids is 2. The van der Waals surface area contributed by atoms with Gasteiger partial charge < -0.3 is 19.6 Å². The number of amides is 2. The summed E-state index contributed by atoms with van der Waals surface area (Å²) in [6.07, 6.45) is 2.13. The van der Waals surface area contributed by atoms with Crippen LogP contribution in [-0.4, -0.2) is 71.7 Å². The van der Waals surface area contributed by atoms with Crippen molar-refractivity contribution in [1.29, 1.82) is 0 Å². The summed E-state index contributed by atoms with van der Waals surface area (Å²) in [6, 6.07) is 17.9. The van der Waals surface area contributed by atoms with Crippen molar-refractivity contribution < 1.29 is 19.4 Å². The predicted molar refractivity (Wildman–Crippen MR) is 128 cm³/mol. The Labute approximate surface area is 200 Å². The monoisotopic (exact) mass is 458 g/mol. The Morgan fingerprint density at radius 3 is 2.50 bits per heavy atom. The maximum absolute atomic E-state index is 13.1. The summed E-state index contributed by atoms with van der Waals surface area (Å²) < 4.78 is 5.38. The SMILES string of the molecule is O=C(C1CCOCC1)N1CC(=O)N2[C@@H](CO)[C@@H](c3ccc(C#CCc4ccccc4)cc3)[C@@H]2C1. The first kappa shape index (κ1) is 22.6. The van der Waals surface area contributed by atoms with Gasteiger partial charge in [0.1, 0.15) is 0 Å². The van der Waals surface area contributed by atoms with E-state index in [1.807, 2.05) is 42.5 Å². The van der Waals surface area contributed by atoms with E-state index in [1.54, 1.807) is 9.80 Å². The van der Waals surface area contributed by atoms with Gasteiger partial charge in [-0.2, -0.15) is 0 Å². The Morgan fingerprint density at radius 2 is 1.79 bits per heavy atom. The topological polar surface area (TPSA) is 70.1 Å². The zero-order chi connectivity index (χ0) is 23.5. The molecular formula is C28H30N2O4. The number of ether oxygens (including phenoxy) is 1. The minimum atomic E-state index is -0.243. The lowest BCUT2D eigenvalue weighted by molar-refractivity contribution is -0.169. The molecule has 176 valence electrons. The van der Waals surface area contributed by atoms with E-state index < -0.39 is 0 Å². The van der Waals surface area contributed by atoms with Crippen molar-refractivity contribution in [2.75, 3.05) is 32.9 Å². The Bertz CT molecular complexity index is 1080. The first-order chi connectivity index (χ1) is 16.7. The standard InChI is InChI=1S/C28H30N2O4/c31-19-25-27(22-11-9-21(10-12-22)8-4-7-20-5-2-1-3-6-20)24-17-29(18-26(32)30(24)25)28(33)23-13-15-34-16-14-23/h1-3,5-6,9-12,23-25,27,31H,7,13-19H2/t24-,25-,27-/m0/s1. The van der Waals surface area contributed by atoms with Crippen LogP contribution in [0.5, 0.6) is 0 Å². The molecule has 0 saturated carbocycles. The second-order valence-corrected chi connectivity index (χ2v) is 9.34. The normalized spacial score (nSPS) is 24.6. The predicted octanol–water partition coefficient (Wildman–Crippen LogP) is 2.20. The molecule has 34 heavy (non-hydrogen) atoms. The van der Waals surface area contributed by atoms with E-state index in [-0.39, 0.29) is 48.9 Å². The molecule has 2 aromatic carbocycles. The molecule has 0 spiro atoms. The van der Waals surface area contributed by atoms with Gasteiger partial charge in [0.2, 0.25) is 11.8 Å². The maximum atomic E-state index is 13.1. The zero-order valence-corrected chi connectivity index (χ0v) is 19.2. The Balaban J connectivity index is 1.28. The first-order valence-corrected chi connectivity index (χ1v) is 12.1. The highest BCUT2D eigenvalue weighted by molar-refractivity contribution is 5.88. The summed E-state index contributed by atoms with van der Waals surface area (Å²) >= 11 is 0.